The van der Waals surface area contributed by atoms with Crippen LogP contribution in [0.25, 0.3) is 0 Å². The highest BCUT2D eigenvalue weighted by molar-refractivity contribution is 9.09. The zero-order valence-electron chi connectivity index (χ0n) is 7.78. The van der Waals surface area contributed by atoms with Crippen molar-refractivity contribution < 1.29 is 0 Å². The first-order valence-corrected chi connectivity index (χ1v) is 7.84. The van der Waals surface area contributed by atoms with Crippen molar-refractivity contribution in [2.45, 2.75) is 13.8 Å². The van der Waals surface area contributed by atoms with Gasteiger partial charge in [-0.2, -0.15) is 0 Å². The number of rotatable bonds is 8. The lowest BCUT2D eigenvalue weighted by molar-refractivity contribution is 0.324. The predicted octanol–water partition coefficient (Wildman–Crippen LogP) is 3.50. The van der Waals surface area contributed by atoms with Gasteiger partial charge in [-0.3, -0.25) is 0 Å². The summed E-state index contributed by atoms with van der Waals surface area (Å²) in [5, 5.41) is 1.87. The van der Waals surface area contributed by atoms with Gasteiger partial charge in [-0.1, -0.05) is 42.0 Å². The molecule has 0 amide bonds. The summed E-state index contributed by atoms with van der Waals surface area (Å²) in [6.07, 6.45) is 0. The molecule has 0 aliphatic rings. The van der Waals surface area contributed by atoms with E-state index in [1.807, 2.05) is 16.2 Å². The minimum atomic E-state index is 1.16. The molecule has 0 N–H and O–H groups in total. The van der Waals surface area contributed by atoms with Crippen molar-refractivity contribution in [1.29, 1.82) is 0 Å². The van der Waals surface area contributed by atoms with Crippen LogP contribution in [0.4, 0.5) is 0 Å². The summed E-state index contributed by atoms with van der Waals surface area (Å²) < 4.78 is 0. The molecule has 1 nitrogen and oxygen atoms in total. The molecule has 0 rings (SSSR count). The molecule has 0 aromatic heterocycles. The molecule has 0 unspecified atom stereocenters. The van der Waals surface area contributed by atoms with Gasteiger partial charge in [-0.05, 0) is 28.3 Å². The highest BCUT2D eigenvalue weighted by Gasteiger charge is 1.97. The third-order valence-electron chi connectivity index (χ3n) is 1.54. The van der Waals surface area contributed by atoms with Crippen LogP contribution in [0.1, 0.15) is 13.8 Å². The Morgan fingerprint density at radius 2 is 2.00 bits per heavy atom. The average molecular weight is 223 g/mol. The van der Waals surface area contributed by atoms with E-state index in [9.17, 15) is 0 Å². The quantitative estimate of drug-likeness (QED) is 0.457. The average Bonchev–Trinajstić information content (AvgIpc) is 2.11. The molecule has 4 heteroatoms. The Morgan fingerprint density at radius 3 is 2.50 bits per heavy atom. The Kier molecular flexibility index (Phi) is 10.4. The molecular formula is C8H17NS3. The fourth-order valence-electron chi connectivity index (χ4n) is 0.796. The van der Waals surface area contributed by atoms with Crippen molar-refractivity contribution in [2.24, 2.45) is 0 Å². The van der Waals surface area contributed by atoms with E-state index in [0.29, 0.717) is 0 Å². The third-order valence-corrected chi connectivity index (χ3v) is 5.21. The van der Waals surface area contributed by atoms with Gasteiger partial charge in [0.15, 0.2) is 0 Å². The fourth-order valence-corrected chi connectivity index (χ4v) is 3.68. The monoisotopic (exact) mass is 223 g/mol. The highest BCUT2D eigenvalue weighted by atomic mass is 33.5. The van der Waals surface area contributed by atoms with Crippen LogP contribution in [0.5, 0.6) is 0 Å². The van der Waals surface area contributed by atoms with E-state index in [1.165, 1.54) is 12.3 Å². The van der Waals surface area contributed by atoms with Crippen LogP contribution in [0.2, 0.25) is 0 Å². The van der Waals surface area contributed by atoms with Crippen molar-refractivity contribution >= 4 is 31.4 Å². The van der Waals surface area contributed by atoms with E-state index in [1.54, 1.807) is 20.6 Å². The summed E-state index contributed by atoms with van der Waals surface area (Å²) in [6, 6.07) is 0. The van der Waals surface area contributed by atoms with E-state index in [0.717, 1.165) is 13.1 Å². The van der Waals surface area contributed by atoms with E-state index in [2.05, 4.69) is 25.3 Å². The van der Waals surface area contributed by atoms with Crippen LogP contribution in [0.3, 0.4) is 0 Å². The molecule has 0 aromatic rings. The van der Waals surface area contributed by atoms with Gasteiger partial charge in [-0.15, -0.1) is 0 Å². The molecule has 0 aliphatic heterocycles. The molecule has 0 saturated heterocycles. The maximum Gasteiger partial charge on any atom is 0.0173 e. The molecule has 0 bridgehead atoms. The van der Waals surface area contributed by atoms with E-state index >= 15 is 0 Å². The molecular weight excluding hydrogens is 206 g/mol. The zero-order chi connectivity index (χ0) is 9.23. The van der Waals surface area contributed by atoms with Crippen LogP contribution >= 0.6 is 31.4 Å². The smallest absolute Gasteiger partial charge is 0.0173 e. The second kappa shape index (κ2) is 9.84. The largest absolute Gasteiger partial charge is 0.303 e. The third kappa shape index (κ3) is 7.40. The van der Waals surface area contributed by atoms with Gasteiger partial charge in [-0.25, -0.2) is 0 Å². The normalized spacial score (nSPS) is 10.6. The van der Waals surface area contributed by atoms with Gasteiger partial charge >= 0.3 is 0 Å². The van der Waals surface area contributed by atoms with Gasteiger partial charge in [0.2, 0.25) is 0 Å². The summed E-state index contributed by atoms with van der Waals surface area (Å²) >= 11 is 0. The number of nitrogens with zero attached hydrogens (tertiary/aromatic N) is 1. The summed E-state index contributed by atoms with van der Waals surface area (Å²) in [4.78, 5) is 2.44. The molecule has 0 atom stereocenters. The molecule has 72 valence electrons. The lowest BCUT2D eigenvalue weighted by atomic mass is 10.5. The highest BCUT2D eigenvalue weighted by Crippen LogP contribution is 2.34. The molecule has 12 heavy (non-hydrogen) atoms. The van der Waals surface area contributed by atoms with Crippen molar-refractivity contribution in [2.75, 3.05) is 25.4 Å². The van der Waals surface area contributed by atoms with Crippen LogP contribution in [0.15, 0.2) is 12.0 Å². The Bertz CT molecular complexity index is 104. The standard InChI is InChI=1S/C8H17NS3/c1-4-9(5-2)7-8-11-12-10-6-3/h6H,3-5,7-8H2,1-2H3. The van der Waals surface area contributed by atoms with E-state index in [4.69, 9.17) is 0 Å². The first kappa shape index (κ1) is 12.8. The second-order valence-corrected chi connectivity index (χ2v) is 6.40. The Morgan fingerprint density at radius 1 is 1.33 bits per heavy atom. The zero-order valence-corrected chi connectivity index (χ0v) is 10.2. The van der Waals surface area contributed by atoms with Crippen molar-refractivity contribution in [3.05, 3.63) is 12.0 Å². The van der Waals surface area contributed by atoms with Crippen LogP contribution < -0.4 is 0 Å². The topological polar surface area (TPSA) is 3.24 Å². The Labute approximate surface area is 87.5 Å². The first-order valence-electron chi connectivity index (χ1n) is 4.13. The first-order chi connectivity index (χ1) is 5.85. The van der Waals surface area contributed by atoms with Crippen molar-refractivity contribution in [3.8, 4) is 0 Å². The van der Waals surface area contributed by atoms with Crippen LogP contribution in [0, 0.1) is 0 Å². The fraction of sp³-hybridized carbons (Fsp3) is 0.750. The molecule has 0 radical (unpaired) electrons. The van der Waals surface area contributed by atoms with Crippen LogP contribution in [-0.2, 0) is 0 Å². The molecule has 0 saturated carbocycles. The molecule has 0 aromatic carbocycles. The minimum absolute atomic E-state index is 1.16. The van der Waals surface area contributed by atoms with Gasteiger partial charge in [0.25, 0.3) is 0 Å². The summed E-state index contributed by atoms with van der Waals surface area (Å²) in [5.74, 6) is 1.20. The summed E-state index contributed by atoms with van der Waals surface area (Å²) in [6.45, 7) is 11.6. The molecule has 0 spiro atoms. The Balaban J connectivity index is 3.11. The van der Waals surface area contributed by atoms with Crippen LogP contribution in [-0.4, -0.2) is 30.3 Å². The number of hydrogen-bond acceptors (Lipinski definition) is 4. The molecule has 0 fully saturated rings. The molecule has 0 heterocycles. The van der Waals surface area contributed by atoms with Gasteiger partial charge in [0.05, 0.1) is 0 Å². The lowest BCUT2D eigenvalue weighted by Crippen LogP contribution is -2.25. The van der Waals surface area contributed by atoms with Crippen molar-refractivity contribution in [3.63, 3.8) is 0 Å². The Hall–Kier alpha value is 0.750. The maximum atomic E-state index is 3.64. The van der Waals surface area contributed by atoms with E-state index < -0.39 is 0 Å². The summed E-state index contributed by atoms with van der Waals surface area (Å²) in [5.41, 5.74) is 0. The number of hydrogen-bond donors (Lipinski definition) is 0. The molecule has 0 aliphatic carbocycles. The van der Waals surface area contributed by atoms with E-state index in [-0.39, 0.29) is 0 Å². The van der Waals surface area contributed by atoms with Gasteiger partial charge in [0, 0.05) is 12.3 Å². The maximum absolute atomic E-state index is 3.64. The predicted molar refractivity (Wildman–Crippen MR) is 65.6 cm³/mol. The van der Waals surface area contributed by atoms with Gasteiger partial charge in [0.1, 0.15) is 0 Å². The van der Waals surface area contributed by atoms with Crippen molar-refractivity contribution in [1.82, 2.24) is 4.90 Å². The second-order valence-electron chi connectivity index (χ2n) is 2.18. The summed E-state index contributed by atoms with van der Waals surface area (Å²) in [7, 11) is 5.41. The van der Waals surface area contributed by atoms with Gasteiger partial charge < -0.3 is 4.90 Å². The SMILES string of the molecule is C=CSSSCCN(CC)CC. The lowest BCUT2D eigenvalue weighted by Gasteiger charge is -2.16. The minimum Gasteiger partial charge on any atom is -0.303 e.